The van der Waals surface area contributed by atoms with E-state index in [-0.39, 0.29) is 5.91 Å². The summed E-state index contributed by atoms with van der Waals surface area (Å²) in [5.41, 5.74) is 6.32. The van der Waals surface area contributed by atoms with Crippen molar-refractivity contribution in [3.05, 3.63) is 71.7 Å². The minimum Gasteiger partial charge on any atom is -0.378 e. The van der Waals surface area contributed by atoms with Crippen molar-refractivity contribution in [1.29, 1.82) is 5.26 Å². The topological polar surface area (TPSA) is 108 Å². The molecule has 9 heteroatoms. The number of carbonyl (C=O) groups is 1. The van der Waals surface area contributed by atoms with Crippen LogP contribution in [0.25, 0.3) is 16.9 Å². The minimum absolute atomic E-state index is 0.120. The molecule has 0 atom stereocenters. The molecule has 3 aromatic heterocycles. The third-order valence-corrected chi connectivity index (χ3v) is 6.27. The fraction of sp³-hybridized carbons (Fsp3) is 0.200. The number of pyridine rings is 2. The molecule has 0 saturated carbocycles. The molecule has 5 heterocycles. The third kappa shape index (κ3) is 3.41. The van der Waals surface area contributed by atoms with Gasteiger partial charge in [0.25, 0.3) is 5.91 Å². The number of nitriles is 1. The Bertz CT molecular complexity index is 1450. The summed E-state index contributed by atoms with van der Waals surface area (Å²) < 4.78 is 7.35. The van der Waals surface area contributed by atoms with Crippen molar-refractivity contribution in [3.8, 4) is 17.3 Å². The van der Waals surface area contributed by atoms with Gasteiger partial charge >= 0.3 is 0 Å². The van der Waals surface area contributed by atoms with Crippen molar-refractivity contribution in [1.82, 2.24) is 19.7 Å². The van der Waals surface area contributed by atoms with E-state index in [2.05, 4.69) is 31.6 Å². The molecule has 168 valence electrons. The number of amides is 1. The molecule has 34 heavy (non-hydrogen) atoms. The summed E-state index contributed by atoms with van der Waals surface area (Å²) in [4.78, 5) is 24.0. The lowest BCUT2D eigenvalue weighted by atomic mass is 9.99. The van der Waals surface area contributed by atoms with Gasteiger partial charge in [0.15, 0.2) is 0 Å². The largest absolute Gasteiger partial charge is 0.378 e. The number of benzene rings is 1. The molecule has 4 aromatic rings. The Morgan fingerprint density at radius 2 is 1.97 bits per heavy atom. The van der Waals surface area contributed by atoms with E-state index in [1.807, 2.05) is 41.1 Å². The van der Waals surface area contributed by atoms with E-state index in [4.69, 9.17) is 10.00 Å². The number of carbonyl (C=O) groups excluding carboxylic acids is 1. The van der Waals surface area contributed by atoms with Crippen molar-refractivity contribution in [3.63, 3.8) is 0 Å². The van der Waals surface area contributed by atoms with Crippen molar-refractivity contribution in [2.45, 2.75) is 6.54 Å². The first-order chi connectivity index (χ1) is 16.7. The number of nitrogens with zero attached hydrogens (tertiary/aromatic N) is 5. The van der Waals surface area contributed by atoms with Crippen LogP contribution in [0.3, 0.4) is 0 Å². The number of hydrogen-bond donors (Lipinski definition) is 2. The predicted octanol–water partition coefficient (Wildman–Crippen LogP) is 3.09. The van der Waals surface area contributed by atoms with Gasteiger partial charge in [0.05, 0.1) is 59.9 Å². The zero-order chi connectivity index (χ0) is 23.1. The van der Waals surface area contributed by atoms with Gasteiger partial charge in [-0.3, -0.25) is 9.20 Å². The highest BCUT2D eigenvalue weighted by Crippen LogP contribution is 2.35. The van der Waals surface area contributed by atoms with Crippen LogP contribution < -0.4 is 15.5 Å². The Morgan fingerprint density at radius 3 is 2.76 bits per heavy atom. The van der Waals surface area contributed by atoms with Crippen LogP contribution >= 0.6 is 0 Å². The number of anilines is 3. The average molecular weight is 451 g/mol. The Labute approximate surface area is 195 Å². The number of hydrogen-bond acceptors (Lipinski definition) is 7. The molecule has 6 rings (SSSR count). The van der Waals surface area contributed by atoms with E-state index in [9.17, 15) is 4.79 Å². The summed E-state index contributed by atoms with van der Waals surface area (Å²) in [5.74, 6) is 0.551. The molecule has 2 aliphatic rings. The van der Waals surface area contributed by atoms with E-state index in [1.54, 1.807) is 18.3 Å². The maximum Gasteiger partial charge on any atom is 0.254 e. The van der Waals surface area contributed by atoms with E-state index < -0.39 is 0 Å². The zero-order valence-electron chi connectivity index (χ0n) is 18.3. The van der Waals surface area contributed by atoms with Gasteiger partial charge in [0.2, 0.25) is 0 Å². The fourth-order valence-corrected chi connectivity index (χ4v) is 4.55. The molecular weight excluding hydrogens is 430 g/mol. The number of fused-ring (bicyclic) bond motifs is 2. The summed E-state index contributed by atoms with van der Waals surface area (Å²) in [6, 6.07) is 13.5. The number of ether oxygens (including phenoxy) is 1. The number of imidazole rings is 1. The summed E-state index contributed by atoms with van der Waals surface area (Å²) in [6.45, 7) is 3.58. The average Bonchev–Trinajstić information content (AvgIpc) is 3.49. The van der Waals surface area contributed by atoms with Gasteiger partial charge in [0.1, 0.15) is 11.5 Å². The number of rotatable bonds is 4. The van der Waals surface area contributed by atoms with Crippen molar-refractivity contribution in [2.75, 3.05) is 36.5 Å². The lowest BCUT2D eigenvalue weighted by molar-refractivity contribution is 0.0966. The van der Waals surface area contributed by atoms with Crippen LogP contribution in [0, 0.1) is 11.3 Å². The highest BCUT2D eigenvalue weighted by atomic mass is 16.5. The first kappa shape index (κ1) is 20.2. The lowest BCUT2D eigenvalue weighted by Gasteiger charge is -2.28. The maximum atomic E-state index is 12.8. The van der Waals surface area contributed by atoms with Gasteiger partial charge in [0, 0.05) is 31.4 Å². The molecule has 2 N–H and O–H groups in total. The molecule has 1 aromatic carbocycles. The van der Waals surface area contributed by atoms with Crippen LogP contribution in [-0.2, 0) is 11.3 Å². The van der Waals surface area contributed by atoms with E-state index in [1.165, 1.54) is 0 Å². The van der Waals surface area contributed by atoms with Crippen LogP contribution in [0.2, 0.25) is 0 Å². The Balaban J connectivity index is 1.33. The molecule has 0 bridgehead atoms. The SMILES string of the molecule is N#Cc1ccn2c(-c3ccc(Nc4ccc(N5CCOCC5)cn4)c4c3CNC4=O)cnc2c1. The maximum absolute atomic E-state index is 12.8. The quantitative estimate of drug-likeness (QED) is 0.491. The second-order valence-corrected chi connectivity index (χ2v) is 8.22. The first-order valence-electron chi connectivity index (χ1n) is 11.1. The van der Waals surface area contributed by atoms with Gasteiger partial charge in [-0.1, -0.05) is 6.07 Å². The predicted molar refractivity (Wildman–Crippen MR) is 127 cm³/mol. The highest BCUT2D eigenvalue weighted by molar-refractivity contribution is 6.06. The zero-order valence-corrected chi connectivity index (χ0v) is 18.3. The third-order valence-electron chi connectivity index (χ3n) is 6.27. The van der Waals surface area contributed by atoms with Crippen LogP contribution in [0.5, 0.6) is 0 Å². The van der Waals surface area contributed by atoms with E-state index in [0.717, 1.165) is 48.8 Å². The van der Waals surface area contributed by atoms with Gasteiger partial charge in [-0.25, -0.2) is 9.97 Å². The molecule has 2 aliphatic heterocycles. The summed E-state index contributed by atoms with van der Waals surface area (Å²) in [7, 11) is 0. The van der Waals surface area contributed by atoms with Crippen molar-refractivity contribution >= 4 is 28.7 Å². The Morgan fingerprint density at radius 1 is 1.09 bits per heavy atom. The molecule has 9 nitrogen and oxygen atoms in total. The highest BCUT2D eigenvalue weighted by Gasteiger charge is 2.27. The van der Waals surface area contributed by atoms with Gasteiger partial charge in [-0.15, -0.1) is 0 Å². The van der Waals surface area contributed by atoms with Crippen molar-refractivity contribution < 1.29 is 9.53 Å². The summed E-state index contributed by atoms with van der Waals surface area (Å²) in [6.07, 6.45) is 5.45. The van der Waals surface area contributed by atoms with Crippen LogP contribution in [0.4, 0.5) is 17.2 Å². The molecule has 0 radical (unpaired) electrons. The lowest BCUT2D eigenvalue weighted by Crippen LogP contribution is -2.36. The summed E-state index contributed by atoms with van der Waals surface area (Å²) >= 11 is 0. The second kappa shape index (κ2) is 8.17. The summed E-state index contributed by atoms with van der Waals surface area (Å²) in [5, 5.41) is 15.4. The van der Waals surface area contributed by atoms with E-state index >= 15 is 0 Å². The van der Waals surface area contributed by atoms with Crippen LogP contribution in [0.15, 0.2) is 55.0 Å². The van der Waals surface area contributed by atoms with Crippen LogP contribution in [0.1, 0.15) is 21.5 Å². The Kier molecular flexibility index (Phi) is 4.86. The number of morpholine rings is 1. The smallest absolute Gasteiger partial charge is 0.254 e. The standard InChI is InChI=1S/C25H21N7O2/c26-12-16-5-6-32-21(15-28-23(32)11-16)18-2-3-20(24-19(18)14-29-25(24)33)30-22-4-1-17(13-27-22)31-7-9-34-10-8-31/h1-6,11,13,15H,7-10,14H2,(H,27,30)(H,29,33). The molecule has 1 saturated heterocycles. The normalized spacial score (nSPS) is 15.1. The molecule has 0 unspecified atom stereocenters. The number of aromatic nitrogens is 3. The van der Waals surface area contributed by atoms with Crippen molar-refractivity contribution in [2.24, 2.45) is 0 Å². The number of nitrogens with one attached hydrogen (secondary N) is 2. The van der Waals surface area contributed by atoms with Crippen LogP contribution in [-0.4, -0.2) is 46.6 Å². The molecule has 0 spiro atoms. The van der Waals surface area contributed by atoms with E-state index in [0.29, 0.717) is 34.8 Å². The van der Waals surface area contributed by atoms with Gasteiger partial charge in [-0.05, 0) is 35.9 Å². The molecular formula is C25H21N7O2. The van der Waals surface area contributed by atoms with Gasteiger partial charge < -0.3 is 20.3 Å². The second-order valence-electron chi connectivity index (χ2n) is 8.22. The Hall–Kier alpha value is -4.42. The fourth-order valence-electron chi connectivity index (χ4n) is 4.55. The first-order valence-corrected chi connectivity index (χ1v) is 11.1. The molecule has 1 fully saturated rings. The molecule has 0 aliphatic carbocycles. The monoisotopic (exact) mass is 451 g/mol. The minimum atomic E-state index is -0.120. The molecule has 1 amide bonds. The van der Waals surface area contributed by atoms with Gasteiger partial charge in [-0.2, -0.15) is 5.26 Å².